The summed E-state index contributed by atoms with van der Waals surface area (Å²) >= 11 is 3.51. The van der Waals surface area contributed by atoms with Crippen molar-refractivity contribution in [3.05, 3.63) is 53.3 Å². The standard InChI is InChI=1S/C14H16BrN3/c1-3-7-16-14-17-8-9-18(14)13-6-5-12(15)10-11(13)4-2/h3,5-6,8-10H,1,4,7H2,2H3,(H,16,17). The smallest absolute Gasteiger partial charge is 0.207 e. The Kier molecular flexibility index (Phi) is 4.20. The van der Waals surface area contributed by atoms with Gasteiger partial charge in [-0.3, -0.25) is 4.57 Å². The van der Waals surface area contributed by atoms with Gasteiger partial charge in [-0.2, -0.15) is 0 Å². The fourth-order valence-electron chi connectivity index (χ4n) is 1.86. The minimum atomic E-state index is 0.703. The molecule has 0 unspecified atom stereocenters. The van der Waals surface area contributed by atoms with E-state index in [0.29, 0.717) is 6.54 Å². The van der Waals surface area contributed by atoms with Crippen LogP contribution in [0, 0.1) is 0 Å². The molecule has 1 aromatic heterocycles. The van der Waals surface area contributed by atoms with Gasteiger partial charge in [-0.25, -0.2) is 4.98 Å². The van der Waals surface area contributed by atoms with Crippen molar-refractivity contribution >= 4 is 21.9 Å². The molecule has 4 heteroatoms. The van der Waals surface area contributed by atoms with Crippen molar-refractivity contribution in [3.63, 3.8) is 0 Å². The summed E-state index contributed by atoms with van der Waals surface area (Å²) in [6.45, 7) is 6.56. The average molecular weight is 306 g/mol. The van der Waals surface area contributed by atoms with E-state index >= 15 is 0 Å². The number of aryl methyl sites for hydroxylation is 1. The lowest BCUT2D eigenvalue weighted by Gasteiger charge is -2.13. The van der Waals surface area contributed by atoms with Crippen LogP contribution >= 0.6 is 15.9 Å². The fraction of sp³-hybridized carbons (Fsp3) is 0.214. The van der Waals surface area contributed by atoms with E-state index in [1.807, 2.05) is 18.3 Å². The molecule has 2 aromatic rings. The molecule has 0 spiro atoms. The minimum Gasteiger partial charge on any atom is -0.352 e. The van der Waals surface area contributed by atoms with Gasteiger partial charge < -0.3 is 5.32 Å². The lowest BCUT2D eigenvalue weighted by atomic mass is 10.1. The van der Waals surface area contributed by atoms with Crippen LogP contribution in [0.1, 0.15) is 12.5 Å². The molecular formula is C14H16BrN3. The highest BCUT2D eigenvalue weighted by Crippen LogP contribution is 2.23. The van der Waals surface area contributed by atoms with E-state index in [1.165, 1.54) is 5.56 Å². The predicted molar refractivity (Wildman–Crippen MR) is 79.3 cm³/mol. The molecule has 0 saturated carbocycles. The molecule has 2 rings (SSSR count). The maximum atomic E-state index is 4.32. The Hall–Kier alpha value is -1.55. The molecule has 0 fully saturated rings. The van der Waals surface area contributed by atoms with E-state index < -0.39 is 0 Å². The number of hydrogen-bond acceptors (Lipinski definition) is 2. The number of halogens is 1. The summed E-state index contributed by atoms with van der Waals surface area (Å²) < 4.78 is 3.17. The largest absolute Gasteiger partial charge is 0.352 e. The second-order valence-corrected chi connectivity index (χ2v) is 4.83. The third kappa shape index (κ3) is 2.64. The number of nitrogens with one attached hydrogen (secondary N) is 1. The van der Waals surface area contributed by atoms with Crippen molar-refractivity contribution in [2.24, 2.45) is 0 Å². The molecule has 0 aliphatic heterocycles. The van der Waals surface area contributed by atoms with Crippen LogP contribution in [-0.4, -0.2) is 16.1 Å². The highest BCUT2D eigenvalue weighted by atomic mass is 79.9. The minimum absolute atomic E-state index is 0.703. The summed E-state index contributed by atoms with van der Waals surface area (Å²) in [5.74, 6) is 0.840. The number of aromatic nitrogens is 2. The molecule has 0 bridgehead atoms. The second-order valence-electron chi connectivity index (χ2n) is 3.92. The summed E-state index contributed by atoms with van der Waals surface area (Å²) in [5, 5.41) is 3.23. The van der Waals surface area contributed by atoms with Gasteiger partial charge in [-0.05, 0) is 30.2 Å². The molecule has 0 radical (unpaired) electrons. The van der Waals surface area contributed by atoms with E-state index in [0.717, 1.165) is 22.5 Å². The molecule has 0 atom stereocenters. The van der Waals surface area contributed by atoms with Crippen molar-refractivity contribution in [1.29, 1.82) is 0 Å². The van der Waals surface area contributed by atoms with Gasteiger partial charge in [0.05, 0.1) is 5.69 Å². The highest BCUT2D eigenvalue weighted by molar-refractivity contribution is 9.10. The summed E-state index contributed by atoms with van der Waals surface area (Å²) in [6, 6.07) is 6.29. The first-order chi connectivity index (χ1) is 8.76. The Bertz CT molecular complexity index is 546. The van der Waals surface area contributed by atoms with Crippen LogP contribution in [0.5, 0.6) is 0 Å². The third-order valence-electron chi connectivity index (χ3n) is 2.73. The van der Waals surface area contributed by atoms with E-state index in [9.17, 15) is 0 Å². The van der Waals surface area contributed by atoms with Gasteiger partial charge in [0.25, 0.3) is 0 Å². The SMILES string of the molecule is C=CCNc1nccn1-c1ccc(Br)cc1CC. The Morgan fingerprint density at radius 1 is 1.50 bits per heavy atom. The van der Waals surface area contributed by atoms with Gasteiger partial charge in [-0.1, -0.05) is 28.9 Å². The van der Waals surface area contributed by atoms with Crippen LogP contribution < -0.4 is 5.32 Å². The lowest BCUT2D eigenvalue weighted by molar-refractivity contribution is 0.995. The first kappa shape index (κ1) is 12.9. The van der Waals surface area contributed by atoms with Crippen LogP contribution in [0.4, 0.5) is 5.95 Å². The van der Waals surface area contributed by atoms with Crippen LogP contribution in [0.3, 0.4) is 0 Å². The van der Waals surface area contributed by atoms with Crippen LogP contribution in [0.25, 0.3) is 5.69 Å². The monoisotopic (exact) mass is 305 g/mol. The first-order valence-corrected chi connectivity index (χ1v) is 6.72. The van der Waals surface area contributed by atoms with Crippen LogP contribution in [0.15, 0.2) is 47.7 Å². The number of nitrogens with zero attached hydrogens (tertiary/aromatic N) is 2. The van der Waals surface area contributed by atoms with Crippen molar-refractivity contribution < 1.29 is 0 Å². The van der Waals surface area contributed by atoms with Crippen molar-refractivity contribution in [2.45, 2.75) is 13.3 Å². The zero-order chi connectivity index (χ0) is 13.0. The molecule has 3 nitrogen and oxygen atoms in total. The second kappa shape index (κ2) is 5.87. The van der Waals surface area contributed by atoms with Gasteiger partial charge >= 0.3 is 0 Å². The molecule has 0 amide bonds. The zero-order valence-corrected chi connectivity index (χ0v) is 11.9. The normalized spacial score (nSPS) is 10.3. The Balaban J connectivity index is 2.42. The fourth-order valence-corrected chi connectivity index (χ4v) is 2.27. The van der Waals surface area contributed by atoms with Gasteiger partial charge in [-0.15, -0.1) is 6.58 Å². The van der Waals surface area contributed by atoms with E-state index in [2.05, 4.69) is 56.4 Å². The number of rotatable bonds is 5. The summed E-state index contributed by atoms with van der Waals surface area (Å²) in [4.78, 5) is 4.32. The maximum Gasteiger partial charge on any atom is 0.207 e. The zero-order valence-electron chi connectivity index (χ0n) is 10.4. The van der Waals surface area contributed by atoms with Crippen LogP contribution in [0.2, 0.25) is 0 Å². The first-order valence-electron chi connectivity index (χ1n) is 5.93. The third-order valence-corrected chi connectivity index (χ3v) is 3.22. The van der Waals surface area contributed by atoms with Gasteiger partial charge in [0.15, 0.2) is 0 Å². The molecular weight excluding hydrogens is 290 g/mol. The van der Waals surface area contributed by atoms with Gasteiger partial charge in [0.1, 0.15) is 0 Å². The number of imidazole rings is 1. The Morgan fingerprint density at radius 2 is 2.33 bits per heavy atom. The molecule has 1 aromatic carbocycles. The molecule has 18 heavy (non-hydrogen) atoms. The molecule has 0 saturated heterocycles. The average Bonchev–Trinajstić information content (AvgIpc) is 2.84. The summed E-state index contributed by atoms with van der Waals surface area (Å²) in [6.07, 6.45) is 6.57. The van der Waals surface area contributed by atoms with Gasteiger partial charge in [0, 0.05) is 23.4 Å². The maximum absolute atomic E-state index is 4.32. The van der Waals surface area contributed by atoms with Gasteiger partial charge in [0.2, 0.25) is 5.95 Å². The van der Waals surface area contributed by atoms with Crippen LogP contribution in [-0.2, 0) is 6.42 Å². The highest BCUT2D eigenvalue weighted by Gasteiger charge is 2.08. The van der Waals surface area contributed by atoms with Crippen molar-refractivity contribution in [1.82, 2.24) is 9.55 Å². The molecule has 0 aliphatic carbocycles. The number of benzene rings is 1. The quantitative estimate of drug-likeness (QED) is 0.852. The number of anilines is 1. The van der Waals surface area contributed by atoms with Crippen molar-refractivity contribution in [3.8, 4) is 5.69 Å². The van der Waals surface area contributed by atoms with Crippen molar-refractivity contribution in [2.75, 3.05) is 11.9 Å². The lowest BCUT2D eigenvalue weighted by Crippen LogP contribution is -2.07. The Morgan fingerprint density at radius 3 is 3.06 bits per heavy atom. The van der Waals surface area contributed by atoms with E-state index in [-0.39, 0.29) is 0 Å². The molecule has 0 aliphatic rings. The van der Waals surface area contributed by atoms with E-state index in [1.54, 1.807) is 6.20 Å². The molecule has 1 heterocycles. The summed E-state index contributed by atoms with van der Waals surface area (Å²) in [7, 11) is 0. The Labute approximate surface area is 116 Å². The predicted octanol–water partition coefficient (Wildman–Crippen LogP) is 3.80. The molecule has 1 N–H and O–H groups in total. The van der Waals surface area contributed by atoms with E-state index in [4.69, 9.17) is 0 Å². The summed E-state index contributed by atoms with van der Waals surface area (Å²) in [5.41, 5.74) is 2.44. The topological polar surface area (TPSA) is 29.9 Å². The number of hydrogen-bond donors (Lipinski definition) is 1. The molecule has 94 valence electrons.